The molecular weight excluding hydrogens is 366 g/mol. The fraction of sp³-hybridized carbons (Fsp3) is 0.0667. The van der Waals surface area contributed by atoms with Crippen molar-refractivity contribution in [3.63, 3.8) is 0 Å². The first-order chi connectivity index (χ1) is 11.0. The van der Waals surface area contributed by atoms with Gasteiger partial charge < -0.3 is 5.11 Å². The van der Waals surface area contributed by atoms with Gasteiger partial charge in [0.2, 0.25) is 5.91 Å². The minimum atomic E-state index is -0.593. The summed E-state index contributed by atoms with van der Waals surface area (Å²) in [7, 11) is 0. The lowest BCUT2D eigenvalue weighted by Crippen LogP contribution is -2.19. The topological polar surface area (TPSA) is 105 Å². The van der Waals surface area contributed by atoms with Gasteiger partial charge in [-0.25, -0.2) is 5.43 Å². The largest absolute Gasteiger partial charge is 0.508 e. The molecule has 1 amide bonds. The maximum atomic E-state index is 11.8. The summed E-state index contributed by atoms with van der Waals surface area (Å²) in [4.78, 5) is 22.0. The van der Waals surface area contributed by atoms with Crippen LogP contribution >= 0.6 is 15.9 Å². The molecule has 0 aromatic heterocycles. The Kier molecular flexibility index (Phi) is 5.42. The van der Waals surface area contributed by atoms with E-state index in [1.165, 1.54) is 18.2 Å². The second kappa shape index (κ2) is 7.50. The second-order valence-electron chi connectivity index (χ2n) is 4.60. The molecule has 0 heterocycles. The maximum Gasteiger partial charge on any atom is 0.278 e. The van der Waals surface area contributed by atoms with Crippen molar-refractivity contribution in [2.24, 2.45) is 5.10 Å². The summed E-state index contributed by atoms with van der Waals surface area (Å²) in [6.07, 6.45) is 1.25. The van der Waals surface area contributed by atoms with E-state index in [2.05, 4.69) is 26.5 Å². The number of benzene rings is 2. The predicted molar refractivity (Wildman–Crippen MR) is 88.3 cm³/mol. The van der Waals surface area contributed by atoms with Crippen LogP contribution in [-0.4, -0.2) is 22.2 Å². The summed E-state index contributed by atoms with van der Waals surface area (Å²) in [6.45, 7) is 0. The van der Waals surface area contributed by atoms with Crippen LogP contribution in [0.15, 0.2) is 52.0 Å². The number of phenolic OH excluding ortho intramolecular Hbond substituents is 1. The lowest BCUT2D eigenvalue weighted by Gasteiger charge is -2.01. The fourth-order valence-electron chi connectivity index (χ4n) is 1.81. The Hall–Kier alpha value is -2.74. The number of aromatic hydroxyl groups is 1. The van der Waals surface area contributed by atoms with Crippen molar-refractivity contribution >= 4 is 33.7 Å². The van der Waals surface area contributed by atoms with Crippen molar-refractivity contribution in [2.75, 3.05) is 0 Å². The monoisotopic (exact) mass is 377 g/mol. The molecule has 0 aliphatic carbocycles. The van der Waals surface area contributed by atoms with Crippen molar-refractivity contribution in [1.29, 1.82) is 0 Å². The van der Waals surface area contributed by atoms with Crippen LogP contribution in [0, 0.1) is 10.1 Å². The minimum absolute atomic E-state index is 0.0962. The van der Waals surface area contributed by atoms with Crippen molar-refractivity contribution in [3.05, 3.63) is 68.2 Å². The third-order valence-electron chi connectivity index (χ3n) is 2.88. The molecule has 0 aliphatic rings. The van der Waals surface area contributed by atoms with E-state index >= 15 is 0 Å². The molecule has 0 saturated carbocycles. The smallest absolute Gasteiger partial charge is 0.278 e. The van der Waals surface area contributed by atoms with E-state index < -0.39 is 4.92 Å². The summed E-state index contributed by atoms with van der Waals surface area (Å²) in [5, 5.41) is 23.9. The van der Waals surface area contributed by atoms with Crippen LogP contribution in [0.4, 0.5) is 5.69 Å². The molecular formula is C15H12BrN3O4. The fourth-order valence-corrected chi connectivity index (χ4v) is 2.08. The Labute approximate surface area is 139 Å². The van der Waals surface area contributed by atoms with Gasteiger partial charge in [0.05, 0.1) is 23.1 Å². The van der Waals surface area contributed by atoms with Gasteiger partial charge in [0.15, 0.2) is 0 Å². The Morgan fingerprint density at radius 2 is 2.00 bits per heavy atom. The SMILES string of the molecule is O=C(Cc1ccc(Br)cc1)N/N=C/c1cc(O)ccc1[N+](=O)[O-]. The predicted octanol–water partition coefficient (Wildman–Crippen LogP) is 2.76. The van der Waals surface area contributed by atoms with Gasteiger partial charge in [-0.15, -0.1) is 0 Å². The summed E-state index contributed by atoms with van der Waals surface area (Å²) in [5.74, 6) is -0.482. The molecule has 0 atom stereocenters. The first-order valence-corrected chi connectivity index (χ1v) is 7.29. The summed E-state index contributed by atoms with van der Waals surface area (Å²) < 4.78 is 0.913. The van der Waals surface area contributed by atoms with Crippen LogP contribution < -0.4 is 5.43 Å². The molecule has 0 radical (unpaired) electrons. The highest BCUT2D eigenvalue weighted by Crippen LogP contribution is 2.21. The molecule has 2 rings (SSSR count). The van der Waals surface area contributed by atoms with Gasteiger partial charge in [-0.3, -0.25) is 14.9 Å². The number of halogens is 1. The molecule has 118 valence electrons. The quantitative estimate of drug-likeness (QED) is 0.474. The van der Waals surface area contributed by atoms with E-state index in [0.29, 0.717) is 0 Å². The van der Waals surface area contributed by atoms with E-state index in [0.717, 1.165) is 16.3 Å². The zero-order chi connectivity index (χ0) is 16.8. The molecule has 2 aromatic rings. The first kappa shape index (κ1) is 16.6. The van der Waals surface area contributed by atoms with Crippen LogP contribution in [0.5, 0.6) is 5.75 Å². The molecule has 2 aromatic carbocycles. The molecule has 0 spiro atoms. The number of phenols is 1. The van der Waals surface area contributed by atoms with Gasteiger partial charge in [0.1, 0.15) is 5.75 Å². The standard InChI is InChI=1S/C15H12BrN3O4/c16-12-3-1-10(2-4-12)7-15(21)18-17-9-11-8-13(20)5-6-14(11)19(22)23/h1-6,8-9,20H,7H2,(H,18,21)/b17-9+. The number of hydrogen-bond donors (Lipinski definition) is 2. The van der Waals surface area contributed by atoms with Crippen molar-refractivity contribution in [2.45, 2.75) is 6.42 Å². The number of carbonyl (C=O) groups excluding carboxylic acids is 1. The summed E-state index contributed by atoms with van der Waals surface area (Å²) >= 11 is 3.30. The highest BCUT2D eigenvalue weighted by molar-refractivity contribution is 9.10. The third kappa shape index (κ3) is 4.89. The average Bonchev–Trinajstić information content (AvgIpc) is 2.49. The molecule has 0 bridgehead atoms. The molecule has 0 aliphatic heterocycles. The van der Waals surface area contributed by atoms with Crippen LogP contribution in [-0.2, 0) is 11.2 Å². The molecule has 0 fully saturated rings. The lowest BCUT2D eigenvalue weighted by molar-refractivity contribution is -0.385. The van der Waals surface area contributed by atoms with E-state index in [1.807, 2.05) is 12.1 Å². The lowest BCUT2D eigenvalue weighted by atomic mass is 10.1. The molecule has 0 unspecified atom stereocenters. The molecule has 8 heteroatoms. The van der Waals surface area contributed by atoms with Gasteiger partial charge in [0, 0.05) is 10.5 Å². The van der Waals surface area contributed by atoms with E-state index in [4.69, 9.17) is 0 Å². The number of hydrazone groups is 1. The van der Waals surface area contributed by atoms with Crippen molar-refractivity contribution in [3.8, 4) is 5.75 Å². The Balaban J connectivity index is 2.01. The van der Waals surface area contributed by atoms with Crippen LogP contribution in [0.1, 0.15) is 11.1 Å². The molecule has 23 heavy (non-hydrogen) atoms. The highest BCUT2D eigenvalue weighted by atomic mass is 79.9. The summed E-state index contributed by atoms with van der Waals surface area (Å²) in [5.41, 5.74) is 2.99. The Morgan fingerprint density at radius 1 is 1.30 bits per heavy atom. The van der Waals surface area contributed by atoms with E-state index in [9.17, 15) is 20.0 Å². The third-order valence-corrected chi connectivity index (χ3v) is 3.41. The summed E-state index contributed by atoms with van der Waals surface area (Å²) in [6, 6.07) is 10.8. The zero-order valence-corrected chi connectivity index (χ0v) is 13.4. The van der Waals surface area contributed by atoms with E-state index in [1.54, 1.807) is 12.1 Å². The van der Waals surface area contributed by atoms with E-state index in [-0.39, 0.29) is 29.3 Å². The maximum absolute atomic E-state index is 11.8. The Bertz CT molecular complexity index is 760. The van der Waals surface area contributed by atoms with Gasteiger partial charge in [-0.05, 0) is 29.8 Å². The van der Waals surface area contributed by atoms with Crippen molar-refractivity contribution in [1.82, 2.24) is 5.43 Å². The van der Waals surface area contributed by atoms with Gasteiger partial charge >= 0.3 is 0 Å². The molecule has 0 saturated heterocycles. The average molecular weight is 378 g/mol. The van der Waals surface area contributed by atoms with Crippen LogP contribution in [0.3, 0.4) is 0 Å². The number of nitro groups is 1. The van der Waals surface area contributed by atoms with Crippen LogP contribution in [0.2, 0.25) is 0 Å². The minimum Gasteiger partial charge on any atom is -0.508 e. The number of rotatable bonds is 5. The normalized spacial score (nSPS) is 10.7. The zero-order valence-electron chi connectivity index (χ0n) is 11.8. The highest BCUT2D eigenvalue weighted by Gasteiger charge is 2.12. The van der Waals surface area contributed by atoms with Crippen molar-refractivity contribution < 1.29 is 14.8 Å². The number of amides is 1. The second-order valence-corrected chi connectivity index (χ2v) is 5.51. The first-order valence-electron chi connectivity index (χ1n) is 6.49. The van der Waals surface area contributed by atoms with Gasteiger partial charge in [-0.2, -0.15) is 5.10 Å². The Morgan fingerprint density at radius 3 is 2.65 bits per heavy atom. The van der Waals surface area contributed by atoms with Crippen LogP contribution in [0.25, 0.3) is 0 Å². The molecule has 2 N–H and O–H groups in total. The number of hydrogen-bond acceptors (Lipinski definition) is 5. The number of carbonyl (C=O) groups is 1. The van der Waals surface area contributed by atoms with Gasteiger partial charge in [0.25, 0.3) is 5.69 Å². The molecule has 7 nitrogen and oxygen atoms in total. The number of nitrogens with zero attached hydrogens (tertiary/aromatic N) is 2. The number of nitro benzene ring substituents is 1. The number of nitrogens with one attached hydrogen (secondary N) is 1. The van der Waals surface area contributed by atoms with Gasteiger partial charge in [-0.1, -0.05) is 28.1 Å².